The van der Waals surface area contributed by atoms with E-state index in [1.165, 1.54) is 26.2 Å². The fraction of sp³-hybridized carbons (Fsp3) is 0.250. The van der Waals surface area contributed by atoms with Crippen molar-refractivity contribution >= 4 is 21.6 Å². The average Bonchev–Trinajstić information content (AvgIpc) is 2.84. The first-order valence-corrected chi connectivity index (χ1v) is 7.92. The molecule has 0 aliphatic rings. The largest absolute Gasteiger partial charge is 0.428 e. The van der Waals surface area contributed by atoms with E-state index in [1.54, 1.807) is 18.2 Å². The summed E-state index contributed by atoms with van der Waals surface area (Å²) < 4.78 is 68.1. The summed E-state index contributed by atoms with van der Waals surface area (Å²) >= 11 is 0.141. The van der Waals surface area contributed by atoms with E-state index in [-0.39, 0.29) is 17.2 Å². The highest BCUT2D eigenvalue weighted by Crippen LogP contribution is 2.42. The maximum atomic E-state index is 13.1. The molecule has 0 radical (unpaired) electrons. The van der Waals surface area contributed by atoms with Crippen LogP contribution in [0.15, 0.2) is 35.2 Å². The summed E-state index contributed by atoms with van der Waals surface area (Å²) in [7, 11) is -1.90. The predicted molar refractivity (Wildman–Crippen MR) is 73.4 cm³/mol. The van der Waals surface area contributed by atoms with Crippen LogP contribution < -0.4 is 0 Å². The number of rotatable bonds is 3. The quantitative estimate of drug-likeness (QED) is 0.865. The third kappa shape index (κ3) is 2.94. The van der Waals surface area contributed by atoms with Crippen molar-refractivity contribution in [3.8, 4) is 11.3 Å². The minimum absolute atomic E-state index is 0.141. The van der Waals surface area contributed by atoms with Gasteiger partial charge in [-0.25, -0.2) is 12.7 Å². The molecule has 1 aromatic heterocycles. The van der Waals surface area contributed by atoms with Gasteiger partial charge < -0.3 is 0 Å². The molecule has 1 aromatic carbocycles. The monoisotopic (exact) mass is 336 g/mol. The molecule has 0 unspecified atom stereocenters. The van der Waals surface area contributed by atoms with Crippen molar-refractivity contribution < 1.29 is 21.6 Å². The standard InChI is InChI=1S/C12H11F3N2O2S2/c1-17(2)21(18,19)10-9(8-6-4-3-5-7-8)16-20-11(10)12(13,14)15/h3-7H,1-2H3. The number of benzene rings is 1. The number of halogens is 3. The summed E-state index contributed by atoms with van der Waals surface area (Å²) in [4.78, 5) is -2.01. The Balaban J connectivity index is 2.79. The van der Waals surface area contributed by atoms with Crippen molar-refractivity contribution in [3.63, 3.8) is 0 Å². The van der Waals surface area contributed by atoms with E-state index in [4.69, 9.17) is 0 Å². The summed E-state index contributed by atoms with van der Waals surface area (Å²) in [6.07, 6.45) is -4.77. The van der Waals surface area contributed by atoms with E-state index in [9.17, 15) is 21.6 Å². The average molecular weight is 336 g/mol. The molecule has 21 heavy (non-hydrogen) atoms. The van der Waals surface area contributed by atoms with Crippen molar-refractivity contribution in [3.05, 3.63) is 35.2 Å². The van der Waals surface area contributed by atoms with Gasteiger partial charge >= 0.3 is 6.18 Å². The highest BCUT2D eigenvalue weighted by atomic mass is 32.2. The van der Waals surface area contributed by atoms with Crippen LogP contribution in [0.4, 0.5) is 13.2 Å². The molecule has 0 fully saturated rings. The Morgan fingerprint density at radius 1 is 1.14 bits per heavy atom. The minimum Gasteiger partial charge on any atom is -0.207 e. The molecule has 2 aromatic rings. The Morgan fingerprint density at radius 2 is 1.71 bits per heavy atom. The first-order valence-electron chi connectivity index (χ1n) is 5.70. The van der Waals surface area contributed by atoms with Gasteiger partial charge in [-0.2, -0.15) is 17.5 Å². The lowest BCUT2D eigenvalue weighted by atomic mass is 10.1. The third-order valence-corrected chi connectivity index (χ3v) is 5.59. The molecule has 0 saturated carbocycles. The van der Waals surface area contributed by atoms with Gasteiger partial charge in [0.25, 0.3) is 0 Å². The second kappa shape index (κ2) is 5.39. The van der Waals surface area contributed by atoms with Crippen molar-refractivity contribution in [1.82, 2.24) is 8.68 Å². The number of hydrogen-bond donors (Lipinski definition) is 0. The normalized spacial score (nSPS) is 12.9. The highest BCUT2D eigenvalue weighted by molar-refractivity contribution is 7.89. The zero-order valence-electron chi connectivity index (χ0n) is 11.0. The van der Waals surface area contributed by atoms with Gasteiger partial charge in [-0.3, -0.25) is 0 Å². The molecule has 0 saturated heterocycles. The number of sulfonamides is 1. The highest BCUT2D eigenvalue weighted by Gasteiger charge is 2.43. The second-order valence-electron chi connectivity index (χ2n) is 4.34. The minimum atomic E-state index is -4.77. The summed E-state index contributed by atoms with van der Waals surface area (Å²) in [5.74, 6) is 0. The van der Waals surface area contributed by atoms with Crippen molar-refractivity contribution in [2.75, 3.05) is 14.1 Å². The van der Waals surface area contributed by atoms with Gasteiger partial charge in [-0.05, 0) is 11.5 Å². The zero-order chi connectivity index (χ0) is 15.8. The Labute approximate surface area is 124 Å². The van der Waals surface area contributed by atoms with Crippen LogP contribution in [0.2, 0.25) is 0 Å². The van der Waals surface area contributed by atoms with E-state index in [2.05, 4.69) is 4.37 Å². The molecule has 0 amide bonds. The van der Waals surface area contributed by atoms with E-state index >= 15 is 0 Å². The molecule has 0 spiro atoms. The van der Waals surface area contributed by atoms with Crippen LogP contribution in [-0.4, -0.2) is 31.2 Å². The van der Waals surface area contributed by atoms with Crippen molar-refractivity contribution in [2.45, 2.75) is 11.1 Å². The molecule has 0 aliphatic heterocycles. The predicted octanol–water partition coefficient (Wildman–Crippen LogP) is 3.08. The van der Waals surface area contributed by atoms with Crippen LogP contribution in [-0.2, 0) is 16.2 Å². The smallest absolute Gasteiger partial charge is 0.207 e. The van der Waals surface area contributed by atoms with Crippen molar-refractivity contribution in [1.29, 1.82) is 0 Å². The first kappa shape index (κ1) is 15.9. The SMILES string of the molecule is CN(C)S(=O)(=O)c1c(-c2ccccc2)nsc1C(F)(F)F. The molecular formula is C12H11F3N2O2S2. The Hall–Kier alpha value is -1.45. The molecule has 0 aliphatic carbocycles. The lowest BCUT2D eigenvalue weighted by Crippen LogP contribution is -2.24. The lowest BCUT2D eigenvalue weighted by Gasteiger charge is -2.14. The summed E-state index contributed by atoms with van der Waals surface area (Å²) in [5, 5.41) is 0. The van der Waals surface area contributed by atoms with E-state index < -0.39 is 26.0 Å². The molecule has 1 heterocycles. The third-order valence-electron chi connectivity index (χ3n) is 2.69. The molecule has 0 bridgehead atoms. The van der Waals surface area contributed by atoms with Gasteiger partial charge in [0.1, 0.15) is 15.5 Å². The molecule has 0 N–H and O–H groups in total. The molecular weight excluding hydrogens is 325 g/mol. The van der Waals surface area contributed by atoms with Crippen LogP contribution >= 0.6 is 11.5 Å². The second-order valence-corrected chi connectivity index (χ2v) is 7.20. The van der Waals surface area contributed by atoms with Gasteiger partial charge in [-0.15, -0.1) is 0 Å². The maximum Gasteiger partial charge on any atom is 0.428 e. The van der Waals surface area contributed by atoms with E-state index in [1.807, 2.05) is 0 Å². The van der Waals surface area contributed by atoms with E-state index in [0.29, 0.717) is 5.56 Å². The van der Waals surface area contributed by atoms with Crippen LogP contribution in [0.5, 0.6) is 0 Å². The van der Waals surface area contributed by atoms with Gasteiger partial charge in [0.05, 0.1) is 0 Å². The van der Waals surface area contributed by atoms with E-state index in [0.717, 1.165) is 4.31 Å². The van der Waals surface area contributed by atoms with Gasteiger partial charge in [0, 0.05) is 19.7 Å². The van der Waals surface area contributed by atoms with Gasteiger partial charge in [-0.1, -0.05) is 30.3 Å². The Morgan fingerprint density at radius 3 is 2.19 bits per heavy atom. The molecule has 4 nitrogen and oxygen atoms in total. The van der Waals surface area contributed by atoms with Crippen molar-refractivity contribution in [2.24, 2.45) is 0 Å². The zero-order valence-corrected chi connectivity index (χ0v) is 12.7. The van der Waals surface area contributed by atoms with Gasteiger partial charge in [0.15, 0.2) is 0 Å². The van der Waals surface area contributed by atoms with Crippen LogP contribution in [0.3, 0.4) is 0 Å². The maximum absolute atomic E-state index is 13.1. The number of hydrogen-bond acceptors (Lipinski definition) is 4. The summed E-state index contributed by atoms with van der Waals surface area (Å²) in [5.41, 5.74) is 0.145. The van der Waals surface area contributed by atoms with Crippen LogP contribution in [0.1, 0.15) is 4.88 Å². The Bertz CT molecular complexity index is 738. The first-order chi connectivity index (χ1) is 9.65. The number of nitrogens with zero attached hydrogens (tertiary/aromatic N) is 2. The fourth-order valence-electron chi connectivity index (χ4n) is 1.66. The molecule has 9 heteroatoms. The van der Waals surface area contributed by atoms with Gasteiger partial charge in [0.2, 0.25) is 10.0 Å². The van der Waals surface area contributed by atoms with Crippen LogP contribution in [0, 0.1) is 0 Å². The summed E-state index contributed by atoms with van der Waals surface area (Å²) in [6.45, 7) is 0. The van der Waals surface area contributed by atoms with Crippen LogP contribution in [0.25, 0.3) is 11.3 Å². The lowest BCUT2D eigenvalue weighted by molar-refractivity contribution is -0.136. The number of aromatic nitrogens is 1. The summed E-state index contributed by atoms with van der Waals surface area (Å²) in [6, 6.07) is 7.93. The Kier molecular flexibility index (Phi) is 4.09. The number of alkyl halides is 3. The topological polar surface area (TPSA) is 50.3 Å². The molecule has 114 valence electrons. The molecule has 0 atom stereocenters. The molecule has 2 rings (SSSR count). The fourth-order valence-corrected chi connectivity index (χ4v) is 3.93.